The predicted octanol–water partition coefficient (Wildman–Crippen LogP) is 1.53. The van der Waals surface area contributed by atoms with Gasteiger partial charge in [0.05, 0.1) is 6.54 Å². The van der Waals surface area contributed by atoms with E-state index in [0.29, 0.717) is 12.0 Å². The summed E-state index contributed by atoms with van der Waals surface area (Å²) in [5.41, 5.74) is 1.41. The van der Waals surface area contributed by atoms with Crippen molar-refractivity contribution in [1.29, 1.82) is 0 Å². The van der Waals surface area contributed by atoms with Crippen molar-refractivity contribution in [3.8, 4) is 0 Å². The summed E-state index contributed by atoms with van der Waals surface area (Å²) in [5.74, 6) is -0.569. The van der Waals surface area contributed by atoms with E-state index in [-0.39, 0.29) is 36.2 Å². The van der Waals surface area contributed by atoms with E-state index >= 15 is 0 Å². The SMILES string of the molecule is Cc1ccccc1C(=O)N[C@@H](CC(C)C)C(=O)NCC(=O)NC1CC1. The highest BCUT2D eigenvalue weighted by Crippen LogP contribution is 2.18. The standard InChI is InChI=1S/C19H27N3O3/c1-12(2)10-16(19(25)20-11-17(23)21-14-8-9-14)22-18(24)15-7-5-4-6-13(15)3/h4-7,12,14,16H,8-11H2,1-3H3,(H,20,25)(H,21,23)(H,22,24)/t16-/m0/s1. The molecule has 1 atom stereocenters. The summed E-state index contributed by atoms with van der Waals surface area (Å²) in [6.45, 7) is 5.76. The summed E-state index contributed by atoms with van der Waals surface area (Å²) < 4.78 is 0. The molecule has 0 radical (unpaired) electrons. The second kappa shape index (κ2) is 8.65. The minimum absolute atomic E-state index is 0.0653. The number of amides is 3. The van der Waals surface area contributed by atoms with Crippen LogP contribution in [0.25, 0.3) is 0 Å². The van der Waals surface area contributed by atoms with Gasteiger partial charge in [0.15, 0.2) is 0 Å². The summed E-state index contributed by atoms with van der Waals surface area (Å²) in [7, 11) is 0. The van der Waals surface area contributed by atoms with Gasteiger partial charge in [-0.2, -0.15) is 0 Å². The molecule has 1 fully saturated rings. The maximum atomic E-state index is 12.5. The van der Waals surface area contributed by atoms with Crippen molar-refractivity contribution in [3.63, 3.8) is 0 Å². The molecule has 0 saturated heterocycles. The van der Waals surface area contributed by atoms with Crippen LogP contribution in [0.2, 0.25) is 0 Å². The second-order valence-electron chi connectivity index (χ2n) is 7.03. The van der Waals surface area contributed by atoms with Crippen LogP contribution in [0.15, 0.2) is 24.3 Å². The van der Waals surface area contributed by atoms with Gasteiger partial charge >= 0.3 is 0 Å². The molecule has 1 aromatic rings. The molecule has 1 aliphatic rings. The molecule has 3 N–H and O–H groups in total. The molecule has 2 rings (SSSR count). The molecule has 6 heteroatoms. The van der Waals surface area contributed by atoms with Crippen molar-refractivity contribution in [2.24, 2.45) is 5.92 Å². The lowest BCUT2D eigenvalue weighted by molar-refractivity contribution is -0.127. The molecule has 1 saturated carbocycles. The molecule has 1 aromatic carbocycles. The molecule has 0 aromatic heterocycles. The van der Waals surface area contributed by atoms with Crippen LogP contribution in [0, 0.1) is 12.8 Å². The lowest BCUT2D eigenvalue weighted by atomic mass is 10.0. The highest BCUT2D eigenvalue weighted by molar-refractivity contribution is 5.99. The van der Waals surface area contributed by atoms with Crippen LogP contribution in [0.3, 0.4) is 0 Å². The van der Waals surface area contributed by atoms with Crippen molar-refractivity contribution >= 4 is 17.7 Å². The zero-order valence-electron chi connectivity index (χ0n) is 15.1. The van der Waals surface area contributed by atoms with Crippen LogP contribution in [0.5, 0.6) is 0 Å². The first-order chi connectivity index (χ1) is 11.9. The van der Waals surface area contributed by atoms with E-state index in [2.05, 4.69) is 16.0 Å². The summed E-state index contributed by atoms with van der Waals surface area (Å²) in [6, 6.07) is 6.84. The van der Waals surface area contributed by atoms with Crippen LogP contribution in [0.4, 0.5) is 0 Å². The fourth-order valence-corrected chi connectivity index (χ4v) is 2.56. The Morgan fingerprint density at radius 2 is 1.84 bits per heavy atom. The monoisotopic (exact) mass is 345 g/mol. The highest BCUT2D eigenvalue weighted by Gasteiger charge is 2.25. The number of benzene rings is 1. The molecule has 3 amide bonds. The molecule has 0 spiro atoms. The normalized spacial score (nSPS) is 14.7. The summed E-state index contributed by atoms with van der Waals surface area (Å²) >= 11 is 0. The topological polar surface area (TPSA) is 87.3 Å². The molecule has 0 aliphatic heterocycles. The fourth-order valence-electron chi connectivity index (χ4n) is 2.56. The average molecular weight is 345 g/mol. The van der Waals surface area contributed by atoms with E-state index in [1.807, 2.05) is 32.9 Å². The third-order valence-electron chi connectivity index (χ3n) is 4.08. The minimum Gasteiger partial charge on any atom is -0.352 e. The second-order valence-corrected chi connectivity index (χ2v) is 7.03. The van der Waals surface area contributed by atoms with E-state index in [4.69, 9.17) is 0 Å². The van der Waals surface area contributed by atoms with E-state index < -0.39 is 6.04 Å². The minimum atomic E-state index is -0.666. The van der Waals surface area contributed by atoms with Crippen molar-refractivity contribution in [3.05, 3.63) is 35.4 Å². The summed E-state index contributed by atoms with van der Waals surface area (Å²) in [4.78, 5) is 36.6. The van der Waals surface area contributed by atoms with Crippen LogP contribution in [-0.4, -0.2) is 36.3 Å². The lowest BCUT2D eigenvalue weighted by Gasteiger charge is -2.20. The van der Waals surface area contributed by atoms with Gasteiger partial charge in [0.2, 0.25) is 11.8 Å². The van der Waals surface area contributed by atoms with E-state index in [1.165, 1.54) is 0 Å². The van der Waals surface area contributed by atoms with Gasteiger partial charge in [-0.3, -0.25) is 14.4 Å². The fraction of sp³-hybridized carbons (Fsp3) is 0.526. The van der Waals surface area contributed by atoms with Gasteiger partial charge in [0.1, 0.15) is 6.04 Å². The Bertz CT molecular complexity index is 639. The third kappa shape index (κ3) is 6.21. The van der Waals surface area contributed by atoms with Gasteiger partial charge in [0, 0.05) is 11.6 Å². The van der Waals surface area contributed by atoms with Crippen LogP contribution in [0.1, 0.15) is 49.0 Å². The Hall–Kier alpha value is -2.37. The largest absolute Gasteiger partial charge is 0.352 e. The molecule has 1 aliphatic carbocycles. The Kier molecular flexibility index (Phi) is 6.56. The van der Waals surface area contributed by atoms with Crippen molar-refractivity contribution in [2.45, 2.75) is 52.1 Å². The summed E-state index contributed by atoms with van der Waals surface area (Å²) in [5, 5.41) is 8.25. The number of hydrogen-bond donors (Lipinski definition) is 3. The number of carbonyl (C=O) groups excluding carboxylic acids is 3. The first-order valence-electron chi connectivity index (χ1n) is 8.80. The maximum Gasteiger partial charge on any atom is 0.252 e. The molecule has 0 heterocycles. The molecule has 136 valence electrons. The van der Waals surface area contributed by atoms with Gasteiger partial charge in [0.25, 0.3) is 5.91 Å². The lowest BCUT2D eigenvalue weighted by Crippen LogP contribution is -2.49. The van der Waals surface area contributed by atoms with Crippen LogP contribution >= 0.6 is 0 Å². The zero-order valence-corrected chi connectivity index (χ0v) is 15.1. The van der Waals surface area contributed by atoms with E-state index in [9.17, 15) is 14.4 Å². The molecular weight excluding hydrogens is 318 g/mol. The first-order valence-corrected chi connectivity index (χ1v) is 8.80. The molecule has 6 nitrogen and oxygen atoms in total. The average Bonchev–Trinajstić information content (AvgIpc) is 3.35. The number of rotatable bonds is 8. The third-order valence-corrected chi connectivity index (χ3v) is 4.08. The highest BCUT2D eigenvalue weighted by atomic mass is 16.2. The predicted molar refractivity (Wildman–Crippen MR) is 96.1 cm³/mol. The van der Waals surface area contributed by atoms with Gasteiger partial charge in [-0.1, -0.05) is 32.0 Å². The van der Waals surface area contributed by atoms with Crippen molar-refractivity contribution in [2.75, 3.05) is 6.54 Å². The molecule has 25 heavy (non-hydrogen) atoms. The number of nitrogens with one attached hydrogen (secondary N) is 3. The number of hydrogen-bond acceptors (Lipinski definition) is 3. The van der Waals surface area contributed by atoms with Crippen molar-refractivity contribution < 1.29 is 14.4 Å². The Labute approximate surface area is 148 Å². The molecule has 0 bridgehead atoms. The number of aryl methyl sites for hydroxylation is 1. The quantitative estimate of drug-likeness (QED) is 0.668. The summed E-state index contributed by atoms with van der Waals surface area (Å²) in [6.07, 6.45) is 2.51. The smallest absolute Gasteiger partial charge is 0.252 e. The van der Waals surface area contributed by atoms with Crippen LogP contribution in [-0.2, 0) is 9.59 Å². The van der Waals surface area contributed by atoms with E-state index in [1.54, 1.807) is 12.1 Å². The van der Waals surface area contributed by atoms with Gasteiger partial charge in [-0.05, 0) is 43.7 Å². The first kappa shape index (κ1) is 19.0. The zero-order chi connectivity index (χ0) is 18.4. The molecule has 0 unspecified atom stereocenters. The van der Waals surface area contributed by atoms with Gasteiger partial charge in [-0.15, -0.1) is 0 Å². The number of carbonyl (C=O) groups is 3. The Morgan fingerprint density at radius 1 is 1.16 bits per heavy atom. The van der Waals surface area contributed by atoms with Gasteiger partial charge < -0.3 is 16.0 Å². The Morgan fingerprint density at radius 3 is 2.44 bits per heavy atom. The maximum absolute atomic E-state index is 12.5. The molecular formula is C19H27N3O3. The van der Waals surface area contributed by atoms with Gasteiger partial charge in [-0.25, -0.2) is 0 Å². The Balaban J connectivity index is 1.94. The van der Waals surface area contributed by atoms with Crippen molar-refractivity contribution in [1.82, 2.24) is 16.0 Å². The van der Waals surface area contributed by atoms with E-state index in [0.717, 1.165) is 18.4 Å². The van der Waals surface area contributed by atoms with Crippen LogP contribution < -0.4 is 16.0 Å².